The van der Waals surface area contributed by atoms with Gasteiger partial charge in [0.15, 0.2) is 0 Å². The first-order valence-corrected chi connectivity index (χ1v) is 7.79. The van der Waals surface area contributed by atoms with Crippen LogP contribution in [0.15, 0.2) is 23.8 Å². The molecule has 1 aromatic rings. The van der Waals surface area contributed by atoms with Crippen molar-refractivity contribution in [2.75, 3.05) is 26.3 Å². The van der Waals surface area contributed by atoms with Crippen LogP contribution in [0.2, 0.25) is 0 Å². The Morgan fingerprint density at radius 3 is 2.83 bits per heavy atom. The molecule has 0 unspecified atom stereocenters. The fraction of sp³-hybridized carbons (Fsp3) is 0.412. The first kappa shape index (κ1) is 16.9. The Balaban J connectivity index is 1.99. The van der Waals surface area contributed by atoms with Crippen molar-refractivity contribution in [3.63, 3.8) is 0 Å². The van der Waals surface area contributed by atoms with Gasteiger partial charge in [-0.1, -0.05) is 6.92 Å². The van der Waals surface area contributed by atoms with Gasteiger partial charge in [0.05, 0.1) is 18.7 Å². The van der Waals surface area contributed by atoms with E-state index in [0.717, 1.165) is 17.7 Å². The van der Waals surface area contributed by atoms with E-state index < -0.39 is 0 Å². The number of hydrogen-bond acceptors (Lipinski definition) is 4. The Labute approximate surface area is 135 Å². The molecule has 0 radical (unpaired) electrons. The van der Waals surface area contributed by atoms with Gasteiger partial charge in [-0.25, -0.2) is 0 Å². The average molecular weight is 318 g/mol. The second-order valence-electron chi connectivity index (χ2n) is 5.12. The largest absolute Gasteiger partial charge is 0.494 e. The van der Waals surface area contributed by atoms with Crippen LogP contribution in [0.1, 0.15) is 25.8 Å². The van der Waals surface area contributed by atoms with Crippen LogP contribution >= 0.6 is 0 Å². The highest BCUT2D eigenvalue weighted by molar-refractivity contribution is 6.00. The third kappa shape index (κ3) is 4.74. The average Bonchev–Trinajstić information content (AvgIpc) is 2.57. The monoisotopic (exact) mass is 318 g/mol. The summed E-state index contributed by atoms with van der Waals surface area (Å²) >= 11 is 0. The van der Waals surface area contributed by atoms with Crippen molar-refractivity contribution >= 4 is 17.9 Å². The van der Waals surface area contributed by atoms with E-state index in [2.05, 4.69) is 10.6 Å². The van der Waals surface area contributed by atoms with Gasteiger partial charge in [0.1, 0.15) is 18.1 Å². The Hall–Kier alpha value is -2.50. The van der Waals surface area contributed by atoms with Gasteiger partial charge in [-0.2, -0.15) is 0 Å². The Bertz CT molecular complexity index is 611. The van der Waals surface area contributed by atoms with Crippen molar-refractivity contribution in [2.45, 2.75) is 20.3 Å². The summed E-state index contributed by atoms with van der Waals surface area (Å²) in [6, 6.07) is 5.49. The minimum atomic E-state index is -0.302. The molecule has 0 aliphatic carbocycles. The maximum atomic E-state index is 12.1. The second-order valence-corrected chi connectivity index (χ2v) is 5.12. The molecule has 2 N–H and O–H groups in total. The van der Waals surface area contributed by atoms with E-state index in [1.165, 1.54) is 0 Å². The van der Waals surface area contributed by atoms with Crippen LogP contribution in [0, 0.1) is 0 Å². The smallest absolute Gasteiger partial charge is 0.251 e. The van der Waals surface area contributed by atoms with E-state index in [-0.39, 0.29) is 25.0 Å². The summed E-state index contributed by atoms with van der Waals surface area (Å²) in [5, 5.41) is 5.31. The fourth-order valence-electron chi connectivity index (χ4n) is 2.14. The summed E-state index contributed by atoms with van der Waals surface area (Å²) in [5.74, 6) is 0.943. The molecule has 0 saturated carbocycles. The van der Waals surface area contributed by atoms with Gasteiger partial charge >= 0.3 is 0 Å². The molecule has 23 heavy (non-hydrogen) atoms. The van der Waals surface area contributed by atoms with Crippen molar-refractivity contribution in [1.29, 1.82) is 0 Å². The van der Waals surface area contributed by atoms with Gasteiger partial charge in [0, 0.05) is 12.1 Å². The first-order valence-electron chi connectivity index (χ1n) is 7.79. The summed E-state index contributed by atoms with van der Waals surface area (Å²) in [6.45, 7) is 5.20. The zero-order valence-corrected chi connectivity index (χ0v) is 13.5. The van der Waals surface area contributed by atoms with E-state index >= 15 is 0 Å². The van der Waals surface area contributed by atoms with E-state index in [9.17, 15) is 9.59 Å². The van der Waals surface area contributed by atoms with Crippen molar-refractivity contribution in [3.05, 3.63) is 29.3 Å². The summed E-state index contributed by atoms with van der Waals surface area (Å²) < 4.78 is 11.0. The van der Waals surface area contributed by atoms with Crippen LogP contribution in [-0.4, -0.2) is 38.1 Å². The predicted octanol–water partition coefficient (Wildman–Crippen LogP) is 1.50. The van der Waals surface area contributed by atoms with Gasteiger partial charge in [-0.05, 0) is 37.6 Å². The van der Waals surface area contributed by atoms with Gasteiger partial charge in [-0.15, -0.1) is 0 Å². The minimum absolute atomic E-state index is 0.0397. The van der Waals surface area contributed by atoms with Crippen LogP contribution in [0.4, 0.5) is 0 Å². The van der Waals surface area contributed by atoms with Crippen molar-refractivity contribution < 1.29 is 19.1 Å². The number of ether oxygens (including phenoxy) is 2. The molecule has 1 aliphatic heterocycles. The lowest BCUT2D eigenvalue weighted by atomic mass is 10.1. The normalized spacial score (nSPS) is 12.5. The number of amides is 2. The van der Waals surface area contributed by atoms with E-state index in [1.54, 1.807) is 6.08 Å². The van der Waals surface area contributed by atoms with E-state index in [4.69, 9.17) is 9.47 Å². The highest BCUT2D eigenvalue weighted by atomic mass is 16.5. The molecule has 2 amide bonds. The molecule has 6 nitrogen and oxygen atoms in total. The number of benzene rings is 1. The number of carbonyl (C=O) groups excluding carboxylic acids is 2. The van der Waals surface area contributed by atoms with Crippen molar-refractivity contribution in [2.24, 2.45) is 0 Å². The number of carbonyl (C=O) groups is 2. The lowest BCUT2D eigenvalue weighted by Gasteiger charge is -2.18. The lowest BCUT2D eigenvalue weighted by molar-refractivity contribution is -0.124. The number of nitrogens with one attached hydrogen (secondary N) is 2. The summed E-state index contributed by atoms with van der Waals surface area (Å²) in [5.41, 5.74) is 1.28. The molecule has 0 spiro atoms. The van der Waals surface area contributed by atoms with Crippen LogP contribution in [-0.2, 0) is 9.59 Å². The quantitative estimate of drug-likeness (QED) is 0.799. The van der Waals surface area contributed by atoms with Crippen molar-refractivity contribution in [1.82, 2.24) is 10.6 Å². The summed E-state index contributed by atoms with van der Waals surface area (Å²) in [4.78, 5) is 23.6. The number of fused-ring (bicyclic) bond motifs is 1. The molecule has 0 fully saturated rings. The highest BCUT2D eigenvalue weighted by Crippen LogP contribution is 2.30. The zero-order valence-electron chi connectivity index (χ0n) is 13.5. The molecular weight excluding hydrogens is 296 g/mol. The highest BCUT2D eigenvalue weighted by Gasteiger charge is 2.18. The standard InChI is InChI=1S/C17H22N2O4/c1-3-7-18-16(20)10-19-17(21)13-8-12-9-14(22-4-2)5-6-15(12)23-11-13/h5-6,8-9H,3-4,7,10-11H2,1-2H3,(H,18,20)(H,19,21). The number of hydrogen-bond donors (Lipinski definition) is 2. The van der Waals surface area contributed by atoms with Gasteiger partial charge in [0.25, 0.3) is 5.91 Å². The molecule has 1 aliphatic rings. The molecule has 2 rings (SSSR count). The van der Waals surface area contributed by atoms with E-state index in [1.807, 2.05) is 32.0 Å². The summed E-state index contributed by atoms with van der Waals surface area (Å²) in [6.07, 6.45) is 2.62. The molecule has 0 atom stereocenters. The maximum absolute atomic E-state index is 12.1. The number of rotatable bonds is 7. The molecule has 124 valence electrons. The molecular formula is C17H22N2O4. The summed E-state index contributed by atoms with van der Waals surface area (Å²) in [7, 11) is 0. The SMILES string of the molecule is CCCNC(=O)CNC(=O)C1=Cc2cc(OCC)ccc2OC1. The zero-order chi connectivity index (χ0) is 16.7. The van der Waals surface area contributed by atoms with Crippen LogP contribution < -0.4 is 20.1 Å². The lowest BCUT2D eigenvalue weighted by Crippen LogP contribution is -2.38. The molecule has 1 aromatic carbocycles. The van der Waals surface area contributed by atoms with Gasteiger partial charge in [0.2, 0.25) is 5.91 Å². The Morgan fingerprint density at radius 1 is 1.26 bits per heavy atom. The van der Waals surface area contributed by atoms with Crippen LogP contribution in [0.3, 0.4) is 0 Å². The Morgan fingerprint density at radius 2 is 2.09 bits per heavy atom. The van der Waals surface area contributed by atoms with Crippen LogP contribution in [0.5, 0.6) is 11.5 Å². The molecule has 1 heterocycles. The van der Waals surface area contributed by atoms with Crippen molar-refractivity contribution in [3.8, 4) is 11.5 Å². The third-order valence-electron chi connectivity index (χ3n) is 3.28. The maximum Gasteiger partial charge on any atom is 0.251 e. The van der Waals surface area contributed by atoms with Crippen LogP contribution in [0.25, 0.3) is 6.08 Å². The minimum Gasteiger partial charge on any atom is -0.494 e. The Kier molecular flexibility index (Phi) is 6.02. The fourth-order valence-corrected chi connectivity index (χ4v) is 2.14. The molecule has 0 aromatic heterocycles. The van der Waals surface area contributed by atoms with E-state index in [0.29, 0.717) is 24.5 Å². The first-order chi connectivity index (χ1) is 11.1. The van der Waals surface area contributed by atoms with Gasteiger partial charge < -0.3 is 20.1 Å². The topological polar surface area (TPSA) is 76.7 Å². The predicted molar refractivity (Wildman–Crippen MR) is 87.4 cm³/mol. The molecule has 0 bridgehead atoms. The molecule has 0 saturated heterocycles. The molecule has 6 heteroatoms. The third-order valence-corrected chi connectivity index (χ3v) is 3.28. The second kappa shape index (κ2) is 8.22. The van der Waals surface area contributed by atoms with Gasteiger partial charge in [-0.3, -0.25) is 9.59 Å².